The highest BCUT2D eigenvalue weighted by molar-refractivity contribution is 5.85. The first kappa shape index (κ1) is 33.6. The third-order valence-electron chi connectivity index (χ3n) is 5.70. The summed E-state index contributed by atoms with van der Waals surface area (Å²) >= 11 is 0. The molecule has 1 unspecified atom stereocenters. The van der Waals surface area contributed by atoms with Gasteiger partial charge in [0.05, 0.1) is 19.0 Å². The third kappa shape index (κ3) is 12.7. The van der Waals surface area contributed by atoms with Crippen LogP contribution in [0.25, 0.3) is 11.1 Å². The van der Waals surface area contributed by atoms with Crippen molar-refractivity contribution in [3.63, 3.8) is 0 Å². The normalized spacial score (nSPS) is 11.5. The minimum absolute atomic E-state index is 0.0315. The standard InChI is InChI=1S/C28H33F3N4O7/c1-2-3-15-32-27(40)33-16-7-10-23(36)34-18-24(37)35-22(17-25(38)41-42-26(39)28(29,30)31)21-13-11-20(12-14-21)19-8-5-4-6-9-19/h4-6,8-9,11-14,22H,2-3,7,10,15-18H2,1H3,(H,34,36)(H,35,37)(H2,32,33,40). The van der Waals surface area contributed by atoms with Crippen molar-refractivity contribution in [3.8, 4) is 11.1 Å². The van der Waals surface area contributed by atoms with E-state index >= 15 is 0 Å². The van der Waals surface area contributed by atoms with Crippen molar-refractivity contribution in [2.75, 3.05) is 19.6 Å². The van der Waals surface area contributed by atoms with Crippen molar-refractivity contribution in [2.24, 2.45) is 0 Å². The highest BCUT2D eigenvalue weighted by Gasteiger charge is 2.43. The number of carbonyl (C=O) groups is 5. The van der Waals surface area contributed by atoms with Gasteiger partial charge < -0.3 is 21.3 Å². The molecular formula is C28H33F3N4O7. The third-order valence-corrected chi connectivity index (χ3v) is 5.70. The SMILES string of the molecule is CCCCNC(=O)NCCCC(=O)NCC(=O)NC(CC(=O)OOC(=O)C(F)(F)F)c1ccc(-c2ccccc2)cc1. The lowest BCUT2D eigenvalue weighted by atomic mass is 9.99. The van der Waals surface area contributed by atoms with E-state index in [2.05, 4.69) is 31.0 Å². The van der Waals surface area contributed by atoms with Crippen LogP contribution in [-0.2, 0) is 29.0 Å². The molecule has 0 saturated carbocycles. The van der Waals surface area contributed by atoms with E-state index in [9.17, 15) is 37.1 Å². The highest BCUT2D eigenvalue weighted by Crippen LogP contribution is 2.24. The van der Waals surface area contributed by atoms with Crippen LogP contribution in [0.1, 0.15) is 50.6 Å². The Balaban J connectivity index is 1.93. The summed E-state index contributed by atoms with van der Waals surface area (Å²) in [6, 6.07) is 14.5. The molecule has 0 aliphatic heterocycles. The van der Waals surface area contributed by atoms with Crippen LogP contribution < -0.4 is 21.3 Å². The molecule has 1 atom stereocenters. The molecule has 42 heavy (non-hydrogen) atoms. The first-order chi connectivity index (χ1) is 20.0. The van der Waals surface area contributed by atoms with Gasteiger partial charge in [0, 0.05) is 19.5 Å². The van der Waals surface area contributed by atoms with Gasteiger partial charge in [0.25, 0.3) is 0 Å². The van der Waals surface area contributed by atoms with Crippen molar-refractivity contribution in [1.29, 1.82) is 0 Å². The molecular weight excluding hydrogens is 561 g/mol. The second-order valence-corrected chi connectivity index (χ2v) is 9.05. The molecule has 0 heterocycles. The first-order valence-electron chi connectivity index (χ1n) is 13.2. The van der Waals surface area contributed by atoms with Gasteiger partial charge in [0.2, 0.25) is 11.8 Å². The number of carbonyl (C=O) groups excluding carboxylic acids is 5. The lowest BCUT2D eigenvalue weighted by Crippen LogP contribution is -2.40. The molecule has 0 aromatic heterocycles. The van der Waals surface area contributed by atoms with Crippen LogP contribution in [0.15, 0.2) is 54.6 Å². The van der Waals surface area contributed by atoms with E-state index in [0.29, 0.717) is 18.5 Å². The fourth-order valence-corrected chi connectivity index (χ4v) is 3.53. The van der Waals surface area contributed by atoms with E-state index in [1.165, 1.54) is 0 Å². The molecule has 4 N–H and O–H groups in total. The maximum Gasteiger partial charge on any atom is 0.495 e. The highest BCUT2D eigenvalue weighted by atomic mass is 19.4. The van der Waals surface area contributed by atoms with Gasteiger partial charge in [0.1, 0.15) is 0 Å². The zero-order valence-electron chi connectivity index (χ0n) is 22.9. The van der Waals surface area contributed by atoms with E-state index in [1.54, 1.807) is 24.3 Å². The van der Waals surface area contributed by atoms with Gasteiger partial charge in [-0.25, -0.2) is 24.2 Å². The topological polar surface area (TPSA) is 152 Å². The molecule has 14 heteroatoms. The van der Waals surface area contributed by atoms with Crippen LogP contribution in [0.2, 0.25) is 0 Å². The zero-order chi connectivity index (χ0) is 31.0. The fourth-order valence-electron chi connectivity index (χ4n) is 3.53. The Hall–Kier alpha value is -4.62. The zero-order valence-corrected chi connectivity index (χ0v) is 22.9. The Bertz CT molecular complexity index is 1190. The lowest BCUT2D eigenvalue weighted by Gasteiger charge is -2.19. The Kier molecular flexibility index (Phi) is 13.8. The molecule has 0 spiro atoms. The summed E-state index contributed by atoms with van der Waals surface area (Å²) < 4.78 is 37.0. The molecule has 2 aromatic rings. The van der Waals surface area contributed by atoms with Gasteiger partial charge in [-0.1, -0.05) is 67.9 Å². The summed E-state index contributed by atoms with van der Waals surface area (Å²) in [5.74, 6) is -5.21. The van der Waals surface area contributed by atoms with Gasteiger partial charge in [0.15, 0.2) is 0 Å². The predicted molar refractivity (Wildman–Crippen MR) is 144 cm³/mol. The molecule has 0 aliphatic carbocycles. The van der Waals surface area contributed by atoms with Gasteiger partial charge in [-0.3, -0.25) is 9.59 Å². The number of hydrogen-bond donors (Lipinski definition) is 4. The van der Waals surface area contributed by atoms with Gasteiger partial charge in [-0.05, 0) is 29.5 Å². The summed E-state index contributed by atoms with van der Waals surface area (Å²) in [5.41, 5.74) is 2.13. The number of amides is 4. The van der Waals surface area contributed by atoms with Crippen LogP contribution in [-0.4, -0.2) is 55.6 Å². The van der Waals surface area contributed by atoms with Gasteiger partial charge in [-0.15, -0.1) is 0 Å². The number of unbranched alkanes of at least 4 members (excludes halogenated alkanes) is 1. The van der Waals surface area contributed by atoms with Gasteiger partial charge >= 0.3 is 24.1 Å². The average Bonchev–Trinajstić information content (AvgIpc) is 2.97. The first-order valence-corrected chi connectivity index (χ1v) is 13.2. The maximum atomic E-state index is 12.6. The Morgan fingerprint density at radius 3 is 2.02 bits per heavy atom. The second kappa shape index (κ2) is 17.3. The second-order valence-electron chi connectivity index (χ2n) is 9.05. The molecule has 11 nitrogen and oxygen atoms in total. The molecule has 2 rings (SSSR count). The number of hydrogen-bond acceptors (Lipinski definition) is 7. The minimum Gasteiger partial charge on any atom is -0.347 e. The largest absolute Gasteiger partial charge is 0.495 e. The van der Waals surface area contributed by atoms with Crippen molar-refractivity contribution >= 4 is 29.8 Å². The van der Waals surface area contributed by atoms with E-state index in [0.717, 1.165) is 24.0 Å². The van der Waals surface area contributed by atoms with E-state index in [-0.39, 0.29) is 19.0 Å². The summed E-state index contributed by atoms with van der Waals surface area (Å²) in [7, 11) is 0. The average molecular weight is 595 g/mol. The molecule has 0 bridgehead atoms. The molecule has 2 aromatic carbocycles. The number of rotatable bonds is 14. The number of benzene rings is 2. The number of halogens is 3. The van der Waals surface area contributed by atoms with Crippen LogP contribution in [0.5, 0.6) is 0 Å². The summed E-state index contributed by atoms with van der Waals surface area (Å²) in [6.45, 7) is 2.34. The van der Waals surface area contributed by atoms with Crippen molar-refractivity contribution < 1.29 is 46.9 Å². The Morgan fingerprint density at radius 2 is 1.40 bits per heavy atom. The fraction of sp³-hybridized carbons (Fsp3) is 0.393. The maximum absolute atomic E-state index is 12.6. The minimum atomic E-state index is -5.36. The Labute approximate surface area is 240 Å². The summed E-state index contributed by atoms with van der Waals surface area (Å²) in [5, 5.41) is 10.2. The number of alkyl halides is 3. The lowest BCUT2D eigenvalue weighted by molar-refractivity contribution is -0.286. The Morgan fingerprint density at radius 1 is 0.786 bits per heavy atom. The molecule has 0 radical (unpaired) electrons. The molecule has 4 amide bonds. The molecule has 0 saturated heterocycles. The van der Waals surface area contributed by atoms with Crippen molar-refractivity contribution in [1.82, 2.24) is 21.3 Å². The van der Waals surface area contributed by atoms with Gasteiger partial charge in [-0.2, -0.15) is 13.2 Å². The van der Waals surface area contributed by atoms with E-state index in [1.807, 2.05) is 37.3 Å². The van der Waals surface area contributed by atoms with Crippen molar-refractivity contribution in [2.45, 2.75) is 51.2 Å². The smallest absolute Gasteiger partial charge is 0.347 e. The molecule has 0 aliphatic rings. The van der Waals surface area contributed by atoms with Crippen LogP contribution in [0.4, 0.5) is 18.0 Å². The van der Waals surface area contributed by atoms with Crippen molar-refractivity contribution in [3.05, 3.63) is 60.2 Å². The number of urea groups is 1. The van der Waals surface area contributed by atoms with Crippen LogP contribution >= 0.6 is 0 Å². The van der Waals surface area contributed by atoms with Crippen LogP contribution in [0, 0.1) is 0 Å². The number of nitrogens with one attached hydrogen (secondary N) is 4. The molecule has 228 valence electrons. The van der Waals surface area contributed by atoms with E-state index in [4.69, 9.17) is 0 Å². The molecule has 0 fully saturated rings. The predicted octanol–water partition coefficient (Wildman–Crippen LogP) is 3.46. The summed E-state index contributed by atoms with van der Waals surface area (Å²) in [6.07, 6.45) is -3.89. The van der Waals surface area contributed by atoms with E-state index < -0.39 is 48.9 Å². The monoisotopic (exact) mass is 594 g/mol. The summed E-state index contributed by atoms with van der Waals surface area (Å²) in [4.78, 5) is 66.8. The van der Waals surface area contributed by atoms with Crippen LogP contribution in [0.3, 0.4) is 0 Å². The quantitative estimate of drug-likeness (QED) is 0.149.